The van der Waals surface area contributed by atoms with Gasteiger partial charge in [-0.25, -0.2) is 4.98 Å². The number of ketones is 1. The van der Waals surface area contributed by atoms with E-state index < -0.39 is 11.5 Å². The quantitative estimate of drug-likeness (QED) is 0.704. The maximum atomic E-state index is 13.2. The highest BCUT2D eigenvalue weighted by Crippen LogP contribution is 2.23. The Labute approximate surface area is 172 Å². The Balaban J connectivity index is 1.73. The fourth-order valence-electron chi connectivity index (χ4n) is 3.55. The molecule has 0 aliphatic heterocycles. The zero-order valence-electron chi connectivity index (χ0n) is 16.1. The van der Waals surface area contributed by atoms with Crippen molar-refractivity contribution in [3.63, 3.8) is 0 Å². The van der Waals surface area contributed by atoms with Gasteiger partial charge in [-0.15, -0.1) is 11.3 Å². The van der Waals surface area contributed by atoms with Crippen LogP contribution in [0.5, 0.6) is 0 Å². The summed E-state index contributed by atoms with van der Waals surface area (Å²) in [5.41, 5.74) is 2.36. The molecule has 1 amide bonds. The summed E-state index contributed by atoms with van der Waals surface area (Å²) in [6.45, 7) is 2.27. The highest BCUT2D eigenvalue weighted by molar-refractivity contribution is 7.09. The molecule has 6 nitrogen and oxygen atoms in total. The minimum absolute atomic E-state index is 0.0184. The topological polar surface area (TPSA) is 81.1 Å². The average molecular weight is 407 g/mol. The first kappa shape index (κ1) is 19.3. The van der Waals surface area contributed by atoms with Gasteiger partial charge in [-0.2, -0.15) is 0 Å². The van der Waals surface area contributed by atoms with E-state index in [1.807, 2.05) is 42.6 Å². The minimum Gasteiger partial charge on any atom is -0.345 e. The second-order valence-corrected chi connectivity index (χ2v) is 7.88. The monoisotopic (exact) mass is 407 g/mol. The molecule has 1 N–H and O–H groups in total. The molecule has 2 aromatic heterocycles. The molecule has 0 unspecified atom stereocenters. The Kier molecular flexibility index (Phi) is 5.40. The number of aromatic nitrogens is 2. The van der Waals surface area contributed by atoms with Crippen molar-refractivity contribution < 1.29 is 9.59 Å². The summed E-state index contributed by atoms with van der Waals surface area (Å²) in [6, 6.07) is 10.6. The summed E-state index contributed by atoms with van der Waals surface area (Å²) in [5.74, 6) is -0.522. The van der Waals surface area contributed by atoms with Crippen molar-refractivity contribution in [2.75, 3.05) is 0 Å². The van der Waals surface area contributed by atoms with Crippen LogP contribution < -0.4 is 10.9 Å². The third-order valence-electron chi connectivity index (χ3n) is 5.04. The molecule has 2 heterocycles. The van der Waals surface area contributed by atoms with E-state index in [1.54, 1.807) is 0 Å². The number of carbonyl (C=O) groups is 2. The van der Waals surface area contributed by atoms with Gasteiger partial charge in [0.1, 0.15) is 10.6 Å². The number of rotatable bonds is 5. The second kappa shape index (κ2) is 8.13. The minimum atomic E-state index is -0.492. The van der Waals surface area contributed by atoms with Gasteiger partial charge >= 0.3 is 0 Å². The number of hydrogen-bond donors (Lipinski definition) is 1. The number of nitrogens with one attached hydrogen (secondary N) is 1. The highest BCUT2D eigenvalue weighted by Gasteiger charge is 2.26. The first-order valence-corrected chi connectivity index (χ1v) is 10.6. The predicted molar refractivity (Wildman–Crippen MR) is 112 cm³/mol. The van der Waals surface area contributed by atoms with Gasteiger partial charge in [-0.3, -0.25) is 19.0 Å². The van der Waals surface area contributed by atoms with E-state index in [9.17, 15) is 14.4 Å². The number of hydrogen-bond acceptors (Lipinski definition) is 5. The molecule has 0 saturated heterocycles. The molecule has 0 atom stereocenters. The molecule has 29 heavy (non-hydrogen) atoms. The van der Waals surface area contributed by atoms with Crippen molar-refractivity contribution in [3.8, 4) is 5.69 Å². The van der Waals surface area contributed by atoms with Crippen LogP contribution in [0.15, 0.2) is 46.6 Å². The van der Waals surface area contributed by atoms with Gasteiger partial charge < -0.3 is 5.32 Å². The third-order valence-corrected chi connectivity index (χ3v) is 5.94. The van der Waals surface area contributed by atoms with Crippen LogP contribution >= 0.6 is 11.3 Å². The fourth-order valence-corrected chi connectivity index (χ4v) is 4.37. The van der Waals surface area contributed by atoms with Crippen LogP contribution in [-0.4, -0.2) is 21.2 Å². The third kappa shape index (κ3) is 3.78. The molecule has 3 aromatic rings. The van der Waals surface area contributed by atoms with Crippen LogP contribution in [0.1, 0.15) is 56.9 Å². The van der Waals surface area contributed by atoms with Gasteiger partial charge in [-0.05, 0) is 37.5 Å². The normalized spacial score (nSPS) is 13.2. The maximum Gasteiger partial charge on any atom is 0.268 e. The molecule has 0 saturated carbocycles. The molecule has 1 aliphatic rings. The van der Waals surface area contributed by atoms with Crippen molar-refractivity contribution in [2.45, 2.75) is 39.2 Å². The number of para-hydroxylation sites is 1. The Morgan fingerprint density at radius 2 is 2.00 bits per heavy atom. The smallest absolute Gasteiger partial charge is 0.268 e. The van der Waals surface area contributed by atoms with Crippen molar-refractivity contribution in [1.82, 2.24) is 14.9 Å². The molecule has 1 aromatic carbocycles. The number of fused-ring (bicyclic) bond motifs is 1. The lowest BCUT2D eigenvalue weighted by atomic mass is 9.92. The summed E-state index contributed by atoms with van der Waals surface area (Å²) in [6.07, 6.45) is 2.60. The van der Waals surface area contributed by atoms with Gasteiger partial charge in [0.15, 0.2) is 5.78 Å². The van der Waals surface area contributed by atoms with Crippen LogP contribution in [0.4, 0.5) is 0 Å². The number of aryl methyl sites for hydroxylation is 1. The molecule has 0 radical (unpaired) electrons. The lowest BCUT2D eigenvalue weighted by Gasteiger charge is -2.21. The fraction of sp³-hybridized carbons (Fsp3) is 0.273. The zero-order chi connectivity index (χ0) is 20.4. The van der Waals surface area contributed by atoms with Crippen molar-refractivity contribution in [3.05, 3.63) is 79.7 Å². The van der Waals surface area contributed by atoms with E-state index in [-0.39, 0.29) is 17.9 Å². The molecular weight excluding hydrogens is 386 g/mol. The number of benzene rings is 1. The lowest BCUT2D eigenvalue weighted by molar-refractivity contribution is 0.0949. The van der Waals surface area contributed by atoms with Gasteiger partial charge in [0.05, 0.1) is 12.2 Å². The Morgan fingerprint density at radius 3 is 2.72 bits per heavy atom. The van der Waals surface area contributed by atoms with Crippen LogP contribution in [0, 0.1) is 0 Å². The van der Waals surface area contributed by atoms with E-state index in [1.165, 1.54) is 22.0 Å². The highest BCUT2D eigenvalue weighted by atomic mass is 32.1. The summed E-state index contributed by atoms with van der Waals surface area (Å²) in [7, 11) is 0. The van der Waals surface area contributed by atoms with Crippen molar-refractivity contribution in [1.29, 1.82) is 0 Å². The number of nitrogens with zero attached hydrogens (tertiary/aromatic N) is 2. The summed E-state index contributed by atoms with van der Waals surface area (Å²) >= 11 is 1.48. The number of carbonyl (C=O) groups excluding carboxylic acids is 2. The molecule has 4 rings (SSSR count). The maximum absolute atomic E-state index is 13.2. The van der Waals surface area contributed by atoms with Crippen LogP contribution in [0.3, 0.4) is 0 Å². The zero-order valence-corrected chi connectivity index (χ0v) is 16.9. The van der Waals surface area contributed by atoms with Crippen LogP contribution in [-0.2, 0) is 19.4 Å². The standard InChI is InChI=1S/C22H21N3O3S/c1-2-14-13-29-20(24-14)12-23-21(27)17-11-16-18(9-6-10-19(16)26)25(22(17)28)15-7-4-3-5-8-15/h3-5,7-8,11,13H,2,6,9-10,12H2,1H3,(H,23,27). The largest absolute Gasteiger partial charge is 0.345 e. The Morgan fingerprint density at radius 1 is 1.21 bits per heavy atom. The Bertz CT molecular complexity index is 1130. The van der Waals surface area contributed by atoms with Gasteiger partial charge in [0.25, 0.3) is 11.5 Å². The number of thiazole rings is 1. The average Bonchev–Trinajstić information content (AvgIpc) is 3.21. The first-order valence-electron chi connectivity index (χ1n) is 9.67. The number of amides is 1. The van der Waals surface area contributed by atoms with Gasteiger partial charge in [0.2, 0.25) is 0 Å². The van der Waals surface area contributed by atoms with E-state index >= 15 is 0 Å². The predicted octanol–water partition coefficient (Wildman–Crippen LogP) is 3.31. The second-order valence-electron chi connectivity index (χ2n) is 6.94. The number of Topliss-reactive ketones (excluding diaryl/α,β-unsaturated/α-hetero) is 1. The Hall–Kier alpha value is -3.06. The van der Waals surface area contributed by atoms with Crippen LogP contribution in [0.25, 0.3) is 5.69 Å². The molecule has 148 valence electrons. The van der Waals surface area contributed by atoms with Gasteiger partial charge in [0, 0.05) is 28.7 Å². The van der Waals surface area contributed by atoms with Gasteiger partial charge in [-0.1, -0.05) is 25.1 Å². The SMILES string of the molecule is CCc1csc(CNC(=O)c2cc3c(n(-c4ccccc4)c2=O)CCCC3=O)n1. The lowest BCUT2D eigenvalue weighted by Crippen LogP contribution is -2.35. The van der Waals surface area contributed by atoms with Crippen molar-refractivity contribution >= 4 is 23.0 Å². The number of pyridine rings is 1. The van der Waals surface area contributed by atoms with Crippen LogP contribution in [0.2, 0.25) is 0 Å². The van der Waals surface area contributed by atoms with E-state index in [0.717, 1.165) is 17.1 Å². The molecule has 0 bridgehead atoms. The molecule has 1 aliphatic carbocycles. The summed E-state index contributed by atoms with van der Waals surface area (Å²) < 4.78 is 1.51. The van der Waals surface area contributed by atoms with E-state index in [0.29, 0.717) is 36.2 Å². The summed E-state index contributed by atoms with van der Waals surface area (Å²) in [5, 5.41) is 5.52. The van der Waals surface area contributed by atoms with E-state index in [4.69, 9.17) is 0 Å². The molecule has 0 spiro atoms. The molecule has 0 fully saturated rings. The van der Waals surface area contributed by atoms with E-state index in [2.05, 4.69) is 10.3 Å². The summed E-state index contributed by atoms with van der Waals surface area (Å²) in [4.78, 5) is 43.0. The molecular formula is C22H21N3O3S. The first-order chi connectivity index (χ1) is 14.1. The van der Waals surface area contributed by atoms with Crippen molar-refractivity contribution in [2.24, 2.45) is 0 Å². The molecule has 7 heteroatoms.